The minimum Gasteiger partial charge on any atom is -0.464 e. The van der Waals surface area contributed by atoms with Crippen LogP contribution in [0.15, 0.2) is 10.6 Å². The Balaban J connectivity index is 2.84. The Kier molecular flexibility index (Phi) is 2.87. The van der Waals surface area contributed by atoms with Crippen molar-refractivity contribution in [3.05, 3.63) is 17.5 Å². The first kappa shape index (κ1) is 10.7. The molecule has 1 aromatic rings. The van der Waals surface area contributed by atoms with Crippen molar-refractivity contribution in [1.29, 1.82) is 0 Å². The average Bonchev–Trinajstić information content (AvgIpc) is 2.48. The number of primary sulfonamides is 1. The zero-order valence-corrected chi connectivity index (χ0v) is 8.08. The fourth-order valence-electron chi connectivity index (χ4n) is 0.780. The molecule has 0 saturated carbocycles. The Morgan fingerprint density at radius 2 is 2.36 bits per heavy atom. The number of ether oxygens (including phenoxy) is 1. The van der Waals surface area contributed by atoms with Gasteiger partial charge in [0.15, 0.2) is 11.5 Å². The molecule has 0 aliphatic carbocycles. The average molecular weight is 220 g/mol. The molecular weight excluding hydrogens is 212 g/mol. The molecule has 1 aromatic heterocycles. The quantitative estimate of drug-likeness (QED) is 0.670. The fraction of sp³-hybridized carbons (Fsp3) is 0.333. The van der Waals surface area contributed by atoms with Gasteiger partial charge in [-0.1, -0.05) is 5.16 Å². The summed E-state index contributed by atoms with van der Waals surface area (Å²) in [4.78, 5) is 10.9. The van der Waals surface area contributed by atoms with E-state index in [1.165, 1.54) is 7.11 Å². The smallest absolute Gasteiger partial charge is 0.360 e. The van der Waals surface area contributed by atoms with Gasteiger partial charge in [-0.3, -0.25) is 0 Å². The lowest BCUT2D eigenvalue weighted by atomic mass is 10.4. The Labute approximate surface area is 79.9 Å². The number of esters is 1. The lowest BCUT2D eigenvalue weighted by Crippen LogP contribution is -2.14. The van der Waals surface area contributed by atoms with E-state index in [-0.39, 0.29) is 11.5 Å². The molecule has 2 N–H and O–H groups in total. The van der Waals surface area contributed by atoms with E-state index in [0.29, 0.717) is 0 Å². The van der Waals surface area contributed by atoms with Gasteiger partial charge in [0.2, 0.25) is 10.0 Å². The second kappa shape index (κ2) is 3.76. The molecule has 0 spiro atoms. The first-order chi connectivity index (χ1) is 6.42. The summed E-state index contributed by atoms with van der Waals surface area (Å²) in [6, 6.07) is 1.16. The highest BCUT2D eigenvalue weighted by Gasteiger charge is 2.15. The van der Waals surface area contributed by atoms with Crippen LogP contribution < -0.4 is 5.14 Å². The summed E-state index contributed by atoms with van der Waals surface area (Å²) in [7, 11) is -2.51. The minimum atomic E-state index is -3.68. The number of sulfonamides is 1. The van der Waals surface area contributed by atoms with Crippen LogP contribution in [0.2, 0.25) is 0 Å². The zero-order chi connectivity index (χ0) is 10.8. The van der Waals surface area contributed by atoms with E-state index in [0.717, 1.165) is 6.07 Å². The second-order valence-electron chi connectivity index (χ2n) is 2.48. The predicted octanol–water partition coefficient (Wildman–Crippen LogP) is -0.750. The number of aromatic nitrogens is 1. The minimum absolute atomic E-state index is 0.00657. The summed E-state index contributed by atoms with van der Waals surface area (Å²) in [6.45, 7) is 0. The van der Waals surface area contributed by atoms with Crippen LogP contribution >= 0.6 is 0 Å². The molecule has 14 heavy (non-hydrogen) atoms. The Hall–Kier alpha value is -1.41. The lowest BCUT2D eigenvalue weighted by molar-refractivity contribution is 0.0589. The molecule has 0 aromatic carbocycles. The van der Waals surface area contributed by atoms with Crippen LogP contribution in [0, 0.1) is 0 Å². The van der Waals surface area contributed by atoms with Crippen LogP contribution in [-0.2, 0) is 20.5 Å². The molecule has 0 unspecified atom stereocenters. The Bertz CT molecular complexity index is 435. The monoisotopic (exact) mass is 220 g/mol. The van der Waals surface area contributed by atoms with Crippen molar-refractivity contribution in [2.45, 2.75) is 5.75 Å². The number of hydrogen-bond donors (Lipinski definition) is 1. The summed E-state index contributed by atoms with van der Waals surface area (Å²) < 4.78 is 30.1. The standard InChI is InChI=1S/C6H8N2O5S/c1-12-6(9)5-2-4(13-8-5)3-14(7,10)11/h2H,3H2,1H3,(H2,7,10,11). The maximum absolute atomic E-state index is 10.9. The normalized spacial score (nSPS) is 11.3. The molecule has 0 atom stereocenters. The fourth-order valence-corrected chi connectivity index (χ4v) is 1.31. The van der Waals surface area contributed by atoms with Crippen molar-refractivity contribution in [1.82, 2.24) is 5.16 Å². The third-order valence-corrected chi connectivity index (χ3v) is 1.98. The van der Waals surface area contributed by atoms with Crippen molar-refractivity contribution < 1.29 is 22.5 Å². The van der Waals surface area contributed by atoms with Crippen molar-refractivity contribution in [2.24, 2.45) is 5.14 Å². The third-order valence-electron chi connectivity index (χ3n) is 1.30. The van der Waals surface area contributed by atoms with Gasteiger partial charge in [0.25, 0.3) is 0 Å². The number of nitrogens with zero attached hydrogens (tertiary/aromatic N) is 1. The highest BCUT2D eigenvalue weighted by molar-refractivity contribution is 7.88. The Morgan fingerprint density at radius 3 is 2.86 bits per heavy atom. The topological polar surface area (TPSA) is 112 Å². The van der Waals surface area contributed by atoms with Crippen LogP contribution in [0.3, 0.4) is 0 Å². The van der Waals surface area contributed by atoms with Gasteiger partial charge in [0.05, 0.1) is 7.11 Å². The summed E-state index contributed by atoms with van der Waals surface area (Å²) in [5.41, 5.74) is -0.0915. The van der Waals surface area contributed by atoms with Crippen LogP contribution in [-0.4, -0.2) is 26.7 Å². The second-order valence-corrected chi connectivity index (χ2v) is 4.09. The predicted molar refractivity (Wildman–Crippen MR) is 44.7 cm³/mol. The van der Waals surface area contributed by atoms with Crippen LogP contribution in [0.1, 0.15) is 16.2 Å². The molecule has 1 rings (SSSR count). The summed E-state index contributed by atoms with van der Waals surface area (Å²) in [5, 5.41) is 8.06. The van der Waals surface area contributed by atoms with Crippen LogP contribution in [0.5, 0.6) is 0 Å². The first-order valence-electron chi connectivity index (χ1n) is 3.47. The molecular formula is C6H8N2O5S. The number of methoxy groups -OCH3 is 1. The maximum Gasteiger partial charge on any atom is 0.360 e. The van der Waals surface area contributed by atoms with Crippen molar-refractivity contribution in [2.75, 3.05) is 7.11 Å². The SMILES string of the molecule is COC(=O)c1cc(CS(N)(=O)=O)on1. The molecule has 0 bridgehead atoms. The summed E-state index contributed by atoms with van der Waals surface area (Å²) >= 11 is 0. The van der Waals surface area contributed by atoms with E-state index in [1.54, 1.807) is 0 Å². The van der Waals surface area contributed by atoms with Crippen LogP contribution in [0.4, 0.5) is 0 Å². The molecule has 0 aliphatic heterocycles. The molecule has 1 heterocycles. The maximum atomic E-state index is 10.9. The van der Waals surface area contributed by atoms with Gasteiger partial charge in [-0.25, -0.2) is 18.4 Å². The van der Waals surface area contributed by atoms with Crippen molar-refractivity contribution in [3.63, 3.8) is 0 Å². The van der Waals surface area contributed by atoms with E-state index in [4.69, 9.17) is 5.14 Å². The van der Waals surface area contributed by atoms with Gasteiger partial charge in [-0.2, -0.15) is 0 Å². The molecule has 0 fully saturated rings. The third kappa shape index (κ3) is 2.82. The number of nitrogens with two attached hydrogens (primary N) is 1. The molecule has 78 valence electrons. The first-order valence-corrected chi connectivity index (χ1v) is 5.18. The number of rotatable bonds is 3. The molecule has 8 heteroatoms. The number of hydrogen-bond acceptors (Lipinski definition) is 6. The van der Waals surface area contributed by atoms with Crippen molar-refractivity contribution in [3.8, 4) is 0 Å². The van der Waals surface area contributed by atoms with Crippen molar-refractivity contribution >= 4 is 16.0 Å². The van der Waals surface area contributed by atoms with Gasteiger partial charge >= 0.3 is 5.97 Å². The van der Waals surface area contributed by atoms with E-state index in [1.807, 2.05) is 0 Å². The molecule has 0 amide bonds. The van der Waals surface area contributed by atoms with E-state index >= 15 is 0 Å². The largest absolute Gasteiger partial charge is 0.464 e. The molecule has 0 radical (unpaired) electrons. The van der Waals surface area contributed by atoms with Crippen LogP contribution in [0.25, 0.3) is 0 Å². The molecule has 7 nitrogen and oxygen atoms in total. The Morgan fingerprint density at radius 1 is 1.71 bits per heavy atom. The lowest BCUT2D eigenvalue weighted by Gasteiger charge is -1.90. The molecule has 0 aliphatic rings. The van der Waals surface area contributed by atoms with Gasteiger partial charge in [0, 0.05) is 6.07 Å². The highest BCUT2D eigenvalue weighted by Crippen LogP contribution is 2.07. The number of carbonyl (C=O) groups excluding carboxylic acids is 1. The number of carbonyl (C=O) groups is 1. The van der Waals surface area contributed by atoms with Gasteiger partial charge in [-0.15, -0.1) is 0 Å². The van der Waals surface area contributed by atoms with Gasteiger partial charge in [0.1, 0.15) is 5.75 Å². The van der Waals surface area contributed by atoms with E-state index in [9.17, 15) is 13.2 Å². The summed E-state index contributed by atoms with van der Waals surface area (Å²) in [5.74, 6) is -1.21. The van der Waals surface area contributed by atoms with Gasteiger partial charge in [-0.05, 0) is 0 Å². The van der Waals surface area contributed by atoms with E-state index < -0.39 is 21.7 Å². The highest BCUT2D eigenvalue weighted by atomic mass is 32.2. The molecule has 0 saturated heterocycles. The van der Waals surface area contributed by atoms with Gasteiger partial charge < -0.3 is 9.26 Å². The summed E-state index contributed by atoms with van der Waals surface area (Å²) in [6.07, 6.45) is 0. The van der Waals surface area contributed by atoms with E-state index in [2.05, 4.69) is 14.4 Å². The zero-order valence-electron chi connectivity index (χ0n) is 7.26.